The average molecular weight is 381 g/mol. The molecule has 0 aliphatic carbocycles. The van der Waals surface area contributed by atoms with Gasteiger partial charge in [-0.15, -0.1) is 5.10 Å². The molecule has 0 fully saturated rings. The van der Waals surface area contributed by atoms with Crippen molar-refractivity contribution in [3.63, 3.8) is 0 Å². The molecule has 2 aromatic rings. The number of carbonyl (C=O) groups is 1. The molecule has 9 nitrogen and oxygen atoms in total. The van der Waals surface area contributed by atoms with Crippen LogP contribution in [0.25, 0.3) is 0 Å². The van der Waals surface area contributed by atoms with E-state index in [4.69, 9.17) is 4.74 Å². The summed E-state index contributed by atoms with van der Waals surface area (Å²) in [5, 5.41) is 30.8. The van der Waals surface area contributed by atoms with E-state index in [0.717, 1.165) is 18.2 Å². The van der Waals surface area contributed by atoms with Crippen molar-refractivity contribution in [1.29, 1.82) is 0 Å². The van der Waals surface area contributed by atoms with E-state index < -0.39 is 16.4 Å². The smallest absolute Gasteiger partial charge is 0.279 e. The number of fused-ring (bicyclic) bond motifs is 1. The van der Waals surface area contributed by atoms with Gasteiger partial charge in [-0.25, -0.2) is 0 Å². The second-order valence-corrected chi connectivity index (χ2v) is 6.00. The number of nitro benzene ring substituents is 1. The Morgan fingerprint density at radius 1 is 1.29 bits per heavy atom. The van der Waals surface area contributed by atoms with Crippen LogP contribution < -0.4 is 14.7 Å². The van der Waals surface area contributed by atoms with Crippen molar-refractivity contribution in [2.24, 2.45) is 10.2 Å². The zero-order valence-corrected chi connectivity index (χ0v) is 15.3. The summed E-state index contributed by atoms with van der Waals surface area (Å²) in [6.45, 7) is 2.54. The number of hydrogen-bond acceptors (Lipinski definition) is 7. The lowest BCUT2D eigenvalue weighted by Gasteiger charge is -2.14. The van der Waals surface area contributed by atoms with Gasteiger partial charge in [0.1, 0.15) is 5.75 Å². The fourth-order valence-corrected chi connectivity index (χ4v) is 2.93. The first-order valence-electron chi connectivity index (χ1n) is 8.53. The first-order valence-corrected chi connectivity index (χ1v) is 8.53. The molecule has 0 bridgehead atoms. The maximum atomic E-state index is 12.7. The molecule has 1 heterocycles. The number of nitro groups is 1. The van der Waals surface area contributed by atoms with Crippen LogP contribution in [0, 0.1) is 10.1 Å². The highest BCUT2D eigenvalue weighted by Gasteiger charge is 2.33. The van der Waals surface area contributed by atoms with Crippen molar-refractivity contribution in [2.45, 2.75) is 13.3 Å². The Balaban J connectivity index is 1.96. The zero-order valence-electron chi connectivity index (χ0n) is 15.3. The third-order valence-corrected chi connectivity index (χ3v) is 4.18. The molecule has 0 saturated heterocycles. The maximum Gasteiger partial charge on any atom is 0.279 e. The molecular weight excluding hydrogens is 364 g/mol. The highest BCUT2D eigenvalue weighted by atomic mass is 16.6. The Labute approximate surface area is 160 Å². The van der Waals surface area contributed by atoms with Crippen LogP contribution in [-0.2, 0) is 4.79 Å². The van der Waals surface area contributed by atoms with Crippen LogP contribution >= 0.6 is 0 Å². The number of carbonyl (C=O) groups excluding carboxylic acids is 1. The van der Waals surface area contributed by atoms with Gasteiger partial charge in [-0.1, -0.05) is 25.1 Å². The molecule has 0 unspecified atom stereocenters. The number of para-hydroxylation sites is 1. The molecule has 0 spiro atoms. The van der Waals surface area contributed by atoms with Gasteiger partial charge >= 0.3 is 0 Å². The molecule has 0 atom stereocenters. The van der Waals surface area contributed by atoms with Crippen molar-refractivity contribution >= 4 is 29.2 Å². The van der Waals surface area contributed by atoms with E-state index in [-0.39, 0.29) is 22.9 Å². The number of amides is 1. The summed E-state index contributed by atoms with van der Waals surface area (Å²) in [5.41, 5.74) is 1.29. The first-order chi connectivity index (χ1) is 13.5. The van der Waals surface area contributed by atoms with E-state index in [2.05, 4.69) is 10.2 Å². The van der Waals surface area contributed by atoms with Crippen LogP contribution in [0.1, 0.15) is 24.5 Å². The minimum Gasteiger partial charge on any atom is -0.865 e. The summed E-state index contributed by atoms with van der Waals surface area (Å²) in [5.74, 6) is -1.23. The normalized spacial score (nSPS) is 14.7. The number of benzene rings is 2. The summed E-state index contributed by atoms with van der Waals surface area (Å²) < 4.78 is 4.89. The fraction of sp³-hybridized carbons (Fsp3) is 0.211. The fourth-order valence-electron chi connectivity index (χ4n) is 2.93. The van der Waals surface area contributed by atoms with Gasteiger partial charge in [0.2, 0.25) is 0 Å². The van der Waals surface area contributed by atoms with E-state index in [1.807, 2.05) is 25.1 Å². The van der Waals surface area contributed by atoms with Gasteiger partial charge in [0, 0.05) is 29.5 Å². The second kappa shape index (κ2) is 7.87. The van der Waals surface area contributed by atoms with Gasteiger partial charge in [0.05, 0.1) is 23.9 Å². The Bertz CT molecular complexity index is 1000. The van der Waals surface area contributed by atoms with Crippen molar-refractivity contribution in [3.8, 4) is 11.5 Å². The molecule has 0 saturated carbocycles. The summed E-state index contributed by atoms with van der Waals surface area (Å²) in [6, 6.07) is 9.70. The lowest BCUT2D eigenvalue weighted by atomic mass is 10.1. The van der Waals surface area contributed by atoms with Crippen molar-refractivity contribution in [3.05, 3.63) is 57.6 Å². The highest BCUT2D eigenvalue weighted by molar-refractivity contribution is 6.54. The second-order valence-electron chi connectivity index (χ2n) is 6.00. The molecule has 0 aromatic heterocycles. The number of methoxy groups -OCH3 is 1. The van der Waals surface area contributed by atoms with E-state index in [9.17, 15) is 20.0 Å². The predicted molar refractivity (Wildman–Crippen MR) is 102 cm³/mol. The van der Waals surface area contributed by atoms with Crippen molar-refractivity contribution < 1.29 is 19.6 Å². The van der Waals surface area contributed by atoms with E-state index in [1.54, 1.807) is 11.0 Å². The summed E-state index contributed by atoms with van der Waals surface area (Å²) in [4.78, 5) is 24.5. The van der Waals surface area contributed by atoms with Gasteiger partial charge in [0.15, 0.2) is 5.71 Å². The number of nitrogens with zero attached hydrogens (tertiary/aromatic N) is 4. The van der Waals surface area contributed by atoms with Gasteiger partial charge < -0.3 is 14.7 Å². The molecule has 1 aliphatic rings. The molecule has 2 aromatic carbocycles. The molecule has 0 radical (unpaired) electrons. The summed E-state index contributed by atoms with van der Waals surface area (Å²) in [6.07, 6.45) is 2.03. The molecular formula is C19H17N4O5-. The molecule has 144 valence electrons. The van der Waals surface area contributed by atoms with Crippen LogP contribution in [0.5, 0.6) is 11.5 Å². The molecule has 1 amide bonds. The quantitative estimate of drug-likeness (QED) is 0.432. The molecule has 9 heteroatoms. The van der Waals surface area contributed by atoms with Gasteiger partial charge in [-0.3, -0.25) is 14.9 Å². The largest absolute Gasteiger partial charge is 0.865 e. The Kier molecular flexibility index (Phi) is 5.35. The average Bonchev–Trinajstić information content (AvgIpc) is 2.95. The van der Waals surface area contributed by atoms with Gasteiger partial charge in [0.25, 0.3) is 11.6 Å². The van der Waals surface area contributed by atoms with Crippen LogP contribution in [0.4, 0.5) is 11.4 Å². The molecule has 0 N–H and O–H groups in total. The highest BCUT2D eigenvalue weighted by Crippen LogP contribution is 2.34. The lowest BCUT2D eigenvalue weighted by Crippen LogP contribution is -2.30. The monoisotopic (exact) mass is 381 g/mol. The SMILES string of the molecule is CCCN1C(=O)/C(=N/N=C\c2cc(OC)c([O-])c([N+](=O)[O-])c2)c2ccccc21. The Morgan fingerprint density at radius 2 is 2.04 bits per heavy atom. The zero-order chi connectivity index (χ0) is 20.3. The third-order valence-electron chi connectivity index (χ3n) is 4.18. The predicted octanol–water partition coefficient (Wildman–Crippen LogP) is 2.26. The Hall–Kier alpha value is -3.75. The summed E-state index contributed by atoms with van der Waals surface area (Å²) in [7, 11) is 1.25. The third kappa shape index (κ3) is 3.41. The van der Waals surface area contributed by atoms with E-state index >= 15 is 0 Å². The van der Waals surface area contributed by atoms with Crippen LogP contribution in [0.3, 0.4) is 0 Å². The maximum absolute atomic E-state index is 12.7. The number of rotatable bonds is 6. The topological polar surface area (TPSA) is 120 Å². The molecule has 1 aliphatic heterocycles. The van der Waals surface area contributed by atoms with Gasteiger partial charge in [-0.2, -0.15) is 5.10 Å². The standard InChI is InChI=1S/C19H18N4O5/c1-3-8-22-14-7-5-4-6-13(14)17(19(22)25)21-20-11-12-9-15(23(26)27)18(24)16(10-12)28-2/h4-7,9-11,24H,3,8H2,1-2H3/p-1/b20-11-,21-17+. The Morgan fingerprint density at radius 3 is 2.71 bits per heavy atom. The van der Waals surface area contributed by atoms with Crippen molar-refractivity contribution in [2.75, 3.05) is 18.6 Å². The molecule has 28 heavy (non-hydrogen) atoms. The lowest BCUT2D eigenvalue weighted by molar-refractivity contribution is -0.398. The van der Waals surface area contributed by atoms with Crippen LogP contribution in [0.2, 0.25) is 0 Å². The minimum absolute atomic E-state index is 0.167. The molecule has 3 rings (SSSR count). The van der Waals surface area contributed by atoms with Crippen LogP contribution in [0.15, 0.2) is 46.6 Å². The first kappa shape index (κ1) is 19.0. The van der Waals surface area contributed by atoms with Crippen LogP contribution in [-0.4, -0.2) is 36.4 Å². The van der Waals surface area contributed by atoms with E-state index in [0.29, 0.717) is 12.1 Å². The van der Waals surface area contributed by atoms with Gasteiger partial charge in [-0.05, 0) is 18.6 Å². The minimum atomic E-state index is -0.814. The number of anilines is 1. The van der Waals surface area contributed by atoms with Crippen molar-refractivity contribution in [1.82, 2.24) is 0 Å². The number of hydrogen-bond donors (Lipinski definition) is 0. The van der Waals surface area contributed by atoms with E-state index in [1.165, 1.54) is 19.4 Å². The number of ether oxygens (including phenoxy) is 1. The summed E-state index contributed by atoms with van der Waals surface area (Å²) >= 11 is 0.